The van der Waals surface area contributed by atoms with E-state index in [-0.39, 0.29) is 34.4 Å². The predicted molar refractivity (Wildman–Crippen MR) is 193 cm³/mol. The highest BCUT2D eigenvalue weighted by Crippen LogP contribution is 2.31. The van der Waals surface area contributed by atoms with Crippen molar-refractivity contribution in [3.63, 3.8) is 0 Å². The quantitative estimate of drug-likeness (QED) is 0.0768. The van der Waals surface area contributed by atoms with Gasteiger partial charge in [0, 0.05) is 22.5 Å². The molecule has 0 saturated heterocycles. The van der Waals surface area contributed by atoms with Crippen molar-refractivity contribution in [2.75, 3.05) is 21.3 Å². The highest BCUT2D eigenvalue weighted by molar-refractivity contribution is 7.88. The van der Waals surface area contributed by atoms with Gasteiger partial charge in [-0.15, -0.1) is 0 Å². The Morgan fingerprint density at radius 3 is 1.19 bits per heavy atom. The fourth-order valence-electron chi connectivity index (χ4n) is 4.55. The van der Waals surface area contributed by atoms with E-state index in [0.29, 0.717) is 22.5 Å². The van der Waals surface area contributed by atoms with Crippen molar-refractivity contribution in [2.24, 2.45) is 0 Å². The molecule has 0 atom stereocenters. The standard InChI is InChI=1S/C36H30N4O10S2/c1-23(41)25-14-18-27(19-15-25)37-35(43)39-31-10-3-5-12-33(31)49-51(45,46)29-8-7-9-30(22-29)52(47,48)50-34-13-6-4-11-32(34)40-36(44)38-28-20-16-26(17-21-28)24(2)42/h3-22H,1-2H3,(H2,37,39,43)(H2,38,40,44). The van der Waals surface area contributed by atoms with Crippen molar-refractivity contribution < 1.29 is 44.4 Å². The molecule has 5 rings (SSSR count). The first-order chi connectivity index (χ1) is 24.7. The van der Waals surface area contributed by atoms with E-state index in [2.05, 4.69) is 21.3 Å². The van der Waals surface area contributed by atoms with Crippen molar-refractivity contribution in [2.45, 2.75) is 23.6 Å². The lowest BCUT2D eigenvalue weighted by molar-refractivity contribution is 0.100. The van der Waals surface area contributed by atoms with Crippen LogP contribution in [0.1, 0.15) is 34.6 Å². The minimum Gasteiger partial charge on any atom is -0.377 e. The van der Waals surface area contributed by atoms with Gasteiger partial charge in [-0.25, -0.2) is 9.59 Å². The minimum atomic E-state index is -4.67. The fourth-order valence-corrected chi connectivity index (χ4v) is 6.61. The zero-order chi connectivity index (χ0) is 37.5. The maximum absolute atomic E-state index is 13.3. The third-order valence-electron chi connectivity index (χ3n) is 7.15. The summed E-state index contributed by atoms with van der Waals surface area (Å²) in [7, 11) is -9.34. The number of ketones is 2. The number of nitrogens with one attached hydrogen (secondary N) is 4. The molecule has 266 valence electrons. The van der Waals surface area contributed by atoms with Crippen LogP contribution in [0, 0.1) is 0 Å². The van der Waals surface area contributed by atoms with Crippen LogP contribution in [0.4, 0.5) is 32.3 Å². The molecule has 0 radical (unpaired) electrons. The normalized spacial score (nSPS) is 11.1. The van der Waals surface area contributed by atoms with Crippen LogP contribution in [0.2, 0.25) is 0 Å². The van der Waals surface area contributed by atoms with E-state index < -0.39 is 42.1 Å². The number of urea groups is 2. The highest BCUT2D eigenvalue weighted by Gasteiger charge is 2.25. The SMILES string of the molecule is CC(=O)c1ccc(NC(=O)Nc2ccccc2OS(=O)(=O)c2cccc(S(=O)(=O)Oc3ccccc3NC(=O)Nc3ccc(C(C)=O)cc3)c2)cc1. The molecule has 52 heavy (non-hydrogen) atoms. The summed E-state index contributed by atoms with van der Waals surface area (Å²) in [5.41, 5.74) is 1.61. The summed E-state index contributed by atoms with van der Waals surface area (Å²) in [5.74, 6) is -0.811. The lowest BCUT2D eigenvalue weighted by atomic mass is 10.1. The average Bonchev–Trinajstić information content (AvgIpc) is 3.10. The van der Waals surface area contributed by atoms with Crippen molar-refractivity contribution in [1.82, 2.24) is 0 Å². The molecule has 0 aliphatic carbocycles. The lowest BCUT2D eigenvalue weighted by Gasteiger charge is -2.15. The Morgan fingerprint density at radius 1 is 0.462 bits per heavy atom. The average molecular weight is 743 g/mol. The Morgan fingerprint density at radius 2 is 0.827 bits per heavy atom. The van der Waals surface area contributed by atoms with Crippen molar-refractivity contribution >= 4 is 66.6 Å². The zero-order valence-corrected chi connectivity index (χ0v) is 29.1. The Hall–Kier alpha value is -6.52. The van der Waals surface area contributed by atoms with Crippen LogP contribution in [0.5, 0.6) is 11.5 Å². The summed E-state index contributed by atoms with van der Waals surface area (Å²) in [4.78, 5) is 47.3. The van der Waals surface area contributed by atoms with Gasteiger partial charge < -0.3 is 29.6 Å². The second-order valence-electron chi connectivity index (χ2n) is 11.0. The molecule has 0 aliphatic heterocycles. The Labute approximate surface area is 299 Å². The van der Waals surface area contributed by atoms with Crippen LogP contribution in [-0.2, 0) is 20.2 Å². The summed E-state index contributed by atoms with van der Waals surface area (Å²) >= 11 is 0. The molecule has 4 N–H and O–H groups in total. The van der Waals surface area contributed by atoms with Gasteiger partial charge in [-0.1, -0.05) is 30.3 Å². The third-order valence-corrected chi connectivity index (χ3v) is 9.61. The van der Waals surface area contributed by atoms with Gasteiger partial charge in [0.1, 0.15) is 9.79 Å². The highest BCUT2D eigenvalue weighted by atomic mass is 32.2. The van der Waals surface area contributed by atoms with E-state index in [1.807, 2.05) is 0 Å². The number of carbonyl (C=O) groups excluding carboxylic acids is 4. The summed E-state index contributed by atoms with van der Waals surface area (Å²) in [6.07, 6.45) is 0. The molecule has 4 amide bonds. The molecule has 0 aromatic heterocycles. The maximum Gasteiger partial charge on any atom is 0.339 e. The van der Waals surface area contributed by atoms with Crippen molar-refractivity contribution in [1.29, 1.82) is 0 Å². The first kappa shape index (κ1) is 36.8. The number of rotatable bonds is 12. The van der Waals surface area contributed by atoms with Gasteiger partial charge in [0.2, 0.25) is 0 Å². The summed E-state index contributed by atoms with van der Waals surface area (Å²) < 4.78 is 64.0. The number of para-hydroxylation sites is 4. The van der Waals surface area contributed by atoms with Gasteiger partial charge >= 0.3 is 32.3 Å². The van der Waals surface area contributed by atoms with E-state index in [9.17, 15) is 36.0 Å². The number of amides is 4. The van der Waals surface area contributed by atoms with Gasteiger partial charge in [0.05, 0.1) is 11.4 Å². The summed E-state index contributed by atoms with van der Waals surface area (Å²) in [6.45, 7) is 2.82. The second kappa shape index (κ2) is 15.6. The van der Waals surface area contributed by atoms with Gasteiger partial charge in [0.25, 0.3) is 0 Å². The number of benzene rings is 5. The lowest BCUT2D eigenvalue weighted by Crippen LogP contribution is -2.21. The van der Waals surface area contributed by atoms with Crippen LogP contribution in [0.15, 0.2) is 131 Å². The number of hydrogen-bond acceptors (Lipinski definition) is 10. The molecular weight excluding hydrogens is 713 g/mol. The Balaban J connectivity index is 1.28. The third kappa shape index (κ3) is 9.38. The topological polar surface area (TPSA) is 203 Å². The van der Waals surface area contributed by atoms with E-state index in [1.54, 1.807) is 0 Å². The molecule has 0 fully saturated rings. The van der Waals surface area contributed by atoms with Gasteiger partial charge in [-0.05, 0) is 105 Å². The summed E-state index contributed by atoms with van der Waals surface area (Å²) in [6, 6.07) is 26.4. The molecule has 5 aromatic carbocycles. The monoisotopic (exact) mass is 742 g/mol. The molecule has 16 heteroatoms. The maximum atomic E-state index is 13.3. The molecular formula is C36H30N4O10S2. The van der Waals surface area contributed by atoms with Crippen LogP contribution < -0.4 is 29.6 Å². The Kier molecular flexibility index (Phi) is 11.0. The van der Waals surface area contributed by atoms with Gasteiger partial charge in [-0.3, -0.25) is 9.59 Å². The fraction of sp³-hybridized carbons (Fsp3) is 0.0556. The second-order valence-corrected chi connectivity index (χ2v) is 14.1. The summed E-state index contributed by atoms with van der Waals surface area (Å²) in [5, 5.41) is 10.1. The van der Waals surface area contributed by atoms with Crippen LogP contribution in [0.25, 0.3) is 0 Å². The van der Waals surface area contributed by atoms with Crippen molar-refractivity contribution in [3.8, 4) is 11.5 Å². The first-order valence-electron chi connectivity index (χ1n) is 15.3. The molecule has 5 aromatic rings. The van der Waals surface area contributed by atoms with Crippen LogP contribution in [0.3, 0.4) is 0 Å². The van der Waals surface area contributed by atoms with Crippen LogP contribution >= 0.6 is 0 Å². The van der Waals surface area contributed by atoms with E-state index in [1.165, 1.54) is 117 Å². The predicted octanol–water partition coefficient (Wildman–Crippen LogP) is 6.92. The van der Waals surface area contributed by atoms with Gasteiger partial charge in [0.15, 0.2) is 23.1 Å². The number of anilines is 4. The number of carbonyl (C=O) groups is 4. The molecule has 14 nitrogen and oxygen atoms in total. The van der Waals surface area contributed by atoms with E-state index in [0.717, 1.165) is 18.2 Å². The molecule has 0 heterocycles. The molecule has 0 spiro atoms. The smallest absolute Gasteiger partial charge is 0.339 e. The first-order valence-corrected chi connectivity index (χ1v) is 18.1. The molecule has 0 unspecified atom stereocenters. The van der Waals surface area contributed by atoms with E-state index in [4.69, 9.17) is 8.37 Å². The van der Waals surface area contributed by atoms with Crippen LogP contribution in [-0.4, -0.2) is 40.5 Å². The van der Waals surface area contributed by atoms with Gasteiger partial charge in [-0.2, -0.15) is 16.8 Å². The Bertz CT molecular complexity index is 2220. The number of hydrogen-bond donors (Lipinski definition) is 4. The molecule has 0 aliphatic rings. The molecule has 0 bridgehead atoms. The molecule has 0 saturated carbocycles. The number of Topliss-reactive ketones (excluding diaryl/α,β-unsaturated/α-hetero) is 2. The largest absolute Gasteiger partial charge is 0.377 e. The minimum absolute atomic E-state index is 0.0164. The van der Waals surface area contributed by atoms with E-state index >= 15 is 0 Å². The van der Waals surface area contributed by atoms with Crippen molar-refractivity contribution in [3.05, 3.63) is 132 Å². The zero-order valence-electron chi connectivity index (χ0n) is 27.4.